The summed E-state index contributed by atoms with van der Waals surface area (Å²) in [6, 6.07) is 12.1. The molecule has 1 amide bonds. The van der Waals surface area contributed by atoms with Crippen LogP contribution >= 0.6 is 0 Å². The first-order chi connectivity index (χ1) is 13.6. The zero-order valence-corrected chi connectivity index (χ0v) is 15.5. The van der Waals surface area contributed by atoms with Gasteiger partial charge in [-0.25, -0.2) is 9.18 Å². The van der Waals surface area contributed by atoms with E-state index in [2.05, 4.69) is 15.3 Å². The lowest BCUT2D eigenvalue weighted by Crippen LogP contribution is -2.48. The average Bonchev–Trinajstić information content (AvgIpc) is 3.08. The highest BCUT2D eigenvalue weighted by Crippen LogP contribution is 2.24. The molecule has 1 aliphatic heterocycles. The number of hydrogen-bond acceptors (Lipinski definition) is 3. The number of aromatic amines is 2. The molecular formula is C21H23FN4O2. The minimum atomic E-state index is -0.272. The molecule has 146 valence electrons. The van der Waals surface area contributed by atoms with Crippen molar-refractivity contribution in [1.82, 2.24) is 20.2 Å². The highest BCUT2D eigenvalue weighted by molar-refractivity contribution is 5.77. The predicted molar refractivity (Wildman–Crippen MR) is 106 cm³/mol. The van der Waals surface area contributed by atoms with E-state index < -0.39 is 0 Å². The molecule has 3 N–H and O–H groups in total. The van der Waals surface area contributed by atoms with Crippen LogP contribution in [0.5, 0.6) is 0 Å². The third kappa shape index (κ3) is 3.99. The van der Waals surface area contributed by atoms with Crippen LogP contribution in [0.15, 0.2) is 47.3 Å². The van der Waals surface area contributed by atoms with Gasteiger partial charge in [0.2, 0.25) is 5.91 Å². The smallest absolute Gasteiger partial charge is 0.323 e. The zero-order valence-electron chi connectivity index (χ0n) is 15.5. The van der Waals surface area contributed by atoms with Crippen LogP contribution in [0.1, 0.15) is 30.0 Å². The molecule has 0 bridgehead atoms. The van der Waals surface area contributed by atoms with Crippen LogP contribution in [0.25, 0.3) is 11.0 Å². The van der Waals surface area contributed by atoms with E-state index in [4.69, 9.17) is 0 Å². The molecule has 1 saturated heterocycles. The predicted octanol–water partition coefficient (Wildman–Crippen LogP) is 2.49. The molecule has 3 aromatic rings. The minimum absolute atomic E-state index is 0.0665. The molecule has 28 heavy (non-hydrogen) atoms. The van der Waals surface area contributed by atoms with E-state index in [1.54, 1.807) is 12.1 Å². The Bertz CT molecular complexity index is 1020. The van der Waals surface area contributed by atoms with Crippen LogP contribution in [0.2, 0.25) is 0 Å². The third-order valence-corrected chi connectivity index (χ3v) is 5.25. The van der Waals surface area contributed by atoms with Crippen molar-refractivity contribution in [3.63, 3.8) is 0 Å². The molecule has 1 atom stereocenters. The Morgan fingerprint density at radius 3 is 2.71 bits per heavy atom. The van der Waals surface area contributed by atoms with Crippen molar-refractivity contribution in [2.75, 3.05) is 19.6 Å². The van der Waals surface area contributed by atoms with Crippen molar-refractivity contribution >= 4 is 16.9 Å². The Morgan fingerprint density at radius 1 is 1.11 bits per heavy atom. The molecular weight excluding hydrogens is 359 g/mol. The number of nitrogens with zero attached hydrogens (tertiary/aromatic N) is 1. The number of aromatic nitrogens is 2. The lowest BCUT2D eigenvalue weighted by Gasteiger charge is -2.36. The molecule has 1 aliphatic rings. The van der Waals surface area contributed by atoms with Crippen LogP contribution in [0.4, 0.5) is 4.39 Å². The highest BCUT2D eigenvalue weighted by Gasteiger charge is 2.27. The van der Waals surface area contributed by atoms with E-state index in [0.29, 0.717) is 19.5 Å². The van der Waals surface area contributed by atoms with Gasteiger partial charge in [-0.1, -0.05) is 18.2 Å². The van der Waals surface area contributed by atoms with Crippen molar-refractivity contribution in [3.8, 4) is 0 Å². The number of fused-ring (bicyclic) bond motifs is 1. The number of piperazine rings is 1. The minimum Gasteiger partial charge on any atom is -0.333 e. The number of halogens is 1. The molecule has 7 heteroatoms. The van der Waals surface area contributed by atoms with Crippen LogP contribution in [-0.2, 0) is 11.2 Å². The Labute approximate surface area is 161 Å². The van der Waals surface area contributed by atoms with E-state index in [1.165, 1.54) is 12.1 Å². The van der Waals surface area contributed by atoms with Crippen molar-refractivity contribution in [1.29, 1.82) is 0 Å². The number of hydrogen-bond donors (Lipinski definition) is 3. The van der Waals surface area contributed by atoms with Crippen LogP contribution < -0.4 is 11.0 Å². The van der Waals surface area contributed by atoms with Gasteiger partial charge in [-0.05, 0) is 48.2 Å². The maximum absolute atomic E-state index is 13.2. The number of rotatable bonds is 5. The van der Waals surface area contributed by atoms with Gasteiger partial charge in [0.1, 0.15) is 5.82 Å². The van der Waals surface area contributed by atoms with Gasteiger partial charge in [0.15, 0.2) is 0 Å². The zero-order chi connectivity index (χ0) is 19.5. The van der Waals surface area contributed by atoms with Crippen molar-refractivity contribution in [2.45, 2.75) is 25.3 Å². The van der Waals surface area contributed by atoms with Gasteiger partial charge in [-0.3, -0.25) is 4.79 Å². The normalized spacial score (nSPS) is 17.2. The first-order valence-corrected chi connectivity index (χ1v) is 9.57. The summed E-state index contributed by atoms with van der Waals surface area (Å²) in [5, 5.41) is 3.31. The standard InChI is InChI=1S/C21H23FN4O2/c22-16-7-5-15(6-8-16)19-13-23-10-11-26(19)20(27)3-1-2-14-4-9-17-18(12-14)25-21(28)24-17/h4-9,12,19,23H,1-3,10-11,13H2,(H2,24,25,28). The van der Waals surface area contributed by atoms with Crippen molar-refractivity contribution in [2.24, 2.45) is 0 Å². The number of carbonyl (C=O) groups is 1. The lowest BCUT2D eigenvalue weighted by molar-refractivity contribution is -0.134. The molecule has 0 radical (unpaired) electrons. The topological polar surface area (TPSA) is 81.0 Å². The van der Waals surface area contributed by atoms with Crippen molar-refractivity contribution < 1.29 is 9.18 Å². The highest BCUT2D eigenvalue weighted by atomic mass is 19.1. The van der Waals surface area contributed by atoms with Gasteiger partial charge in [0.25, 0.3) is 0 Å². The van der Waals surface area contributed by atoms with E-state index >= 15 is 0 Å². The SMILES string of the molecule is O=C(CCCc1ccc2[nH]c(=O)[nH]c2c1)N1CCNCC1c1ccc(F)cc1. The first-order valence-electron chi connectivity index (χ1n) is 9.57. The van der Waals surface area contributed by atoms with Gasteiger partial charge in [0.05, 0.1) is 17.1 Å². The van der Waals surface area contributed by atoms with E-state index in [-0.39, 0.29) is 23.5 Å². The maximum atomic E-state index is 13.2. The number of amides is 1. The number of imidazole rings is 1. The number of carbonyl (C=O) groups excluding carboxylic acids is 1. The molecule has 1 unspecified atom stereocenters. The summed E-state index contributed by atoms with van der Waals surface area (Å²) >= 11 is 0. The Morgan fingerprint density at radius 2 is 1.89 bits per heavy atom. The fourth-order valence-corrected chi connectivity index (χ4v) is 3.81. The molecule has 2 aromatic carbocycles. The number of aryl methyl sites for hydroxylation is 1. The molecule has 6 nitrogen and oxygen atoms in total. The molecule has 2 heterocycles. The second-order valence-corrected chi connectivity index (χ2v) is 7.17. The number of benzene rings is 2. The summed E-state index contributed by atoms with van der Waals surface area (Å²) < 4.78 is 13.2. The molecule has 4 rings (SSSR count). The Kier molecular flexibility index (Phi) is 5.25. The van der Waals surface area contributed by atoms with Crippen LogP contribution in [0, 0.1) is 5.82 Å². The summed E-state index contributed by atoms with van der Waals surface area (Å²) in [5.74, 6) is -0.155. The molecule has 1 fully saturated rings. The van der Waals surface area contributed by atoms with Crippen LogP contribution in [-0.4, -0.2) is 40.4 Å². The number of nitrogens with one attached hydrogen (secondary N) is 3. The largest absolute Gasteiger partial charge is 0.333 e. The second kappa shape index (κ2) is 7.98. The quantitative estimate of drug-likeness (QED) is 0.634. The summed E-state index contributed by atoms with van der Waals surface area (Å²) in [6.45, 7) is 2.09. The van der Waals surface area contributed by atoms with Gasteiger partial charge >= 0.3 is 5.69 Å². The third-order valence-electron chi connectivity index (χ3n) is 5.25. The summed E-state index contributed by atoms with van der Waals surface area (Å²) in [7, 11) is 0. The summed E-state index contributed by atoms with van der Waals surface area (Å²) in [4.78, 5) is 31.6. The molecule has 1 aromatic heterocycles. The van der Waals surface area contributed by atoms with Gasteiger partial charge < -0.3 is 20.2 Å². The monoisotopic (exact) mass is 382 g/mol. The maximum Gasteiger partial charge on any atom is 0.323 e. The van der Waals surface area contributed by atoms with E-state index in [0.717, 1.165) is 41.5 Å². The van der Waals surface area contributed by atoms with Gasteiger partial charge in [-0.15, -0.1) is 0 Å². The Hall–Kier alpha value is -2.93. The lowest BCUT2D eigenvalue weighted by atomic mass is 10.0. The van der Waals surface area contributed by atoms with Gasteiger partial charge in [0, 0.05) is 26.1 Å². The van der Waals surface area contributed by atoms with Gasteiger partial charge in [-0.2, -0.15) is 0 Å². The fourth-order valence-electron chi connectivity index (χ4n) is 3.81. The average molecular weight is 382 g/mol. The fraction of sp³-hybridized carbons (Fsp3) is 0.333. The van der Waals surface area contributed by atoms with E-state index in [9.17, 15) is 14.0 Å². The summed E-state index contributed by atoms with van der Waals surface area (Å²) in [5.41, 5.74) is 3.39. The van der Waals surface area contributed by atoms with Crippen LogP contribution in [0.3, 0.4) is 0 Å². The Balaban J connectivity index is 1.38. The number of H-pyrrole nitrogens is 2. The van der Waals surface area contributed by atoms with E-state index in [1.807, 2.05) is 23.1 Å². The molecule has 0 saturated carbocycles. The summed E-state index contributed by atoms with van der Waals surface area (Å²) in [6.07, 6.45) is 1.96. The molecule has 0 aliphatic carbocycles. The second-order valence-electron chi connectivity index (χ2n) is 7.17. The first kappa shape index (κ1) is 18.4. The van der Waals surface area contributed by atoms with Crippen molar-refractivity contribution in [3.05, 3.63) is 69.9 Å². The molecule has 0 spiro atoms.